The molecule has 0 saturated carbocycles. The Balaban J connectivity index is 2.39. The molecule has 0 aliphatic carbocycles. The number of benzene rings is 1. The van der Waals surface area contributed by atoms with Crippen molar-refractivity contribution in [2.24, 2.45) is 0 Å². The Morgan fingerprint density at radius 3 is 2.47 bits per heavy atom. The van der Waals surface area contributed by atoms with Crippen molar-refractivity contribution < 1.29 is 4.39 Å². The first-order valence-electron chi connectivity index (χ1n) is 4.53. The van der Waals surface area contributed by atoms with Gasteiger partial charge in [-0.15, -0.1) is 22.9 Å². The second-order valence-electron chi connectivity index (χ2n) is 3.30. The maximum absolute atomic E-state index is 12.9. The van der Waals surface area contributed by atoms with Crippen molar-refractivity contribution in [3.63, 3.8) is 0 Å². The van der Waals surface area contributed by atoms with Crippen molar-refractivity contribution in [1.82, 2.24) is 0 Å². The van der Waals surface area contributed by atoms with Gasteiger partial charge in [-0.3, -0.25) is 0 Å². The molecule has 2 aromatic rings. The minimum absolute atomic E-state index is 0.311. The SMILES string of the molecule is Fc1ccc(C(Cl)c2cc(Br)c(Cl)s2)c(Cl)c1. The van der Waals surface area contributed by atoms with Crippen LogP contribution in [0.2, 0.25) is 9.36 Å². The van der Waals surface area contributed by atoms with Crippen LogP contribution in [-0.2, 0) is 0 Å². The van der Waals surface area contributed by atoms with Gasteiger partial charge in [-0.2, -0.15) is 0 Å². The molecule has 90 valence electrons. The third-order valence-corrected chi connectivity index (χ3v) is 5.62. The zero-order valence-electron chi connectivity index (χ0n) is 8.18. The number of alkyl halides is 1. The minimum Gasteiger partial charge on any atom is -0.207 e. The fourth-order valence-electron chi connectivity index (χ4n) is 1.35. The van der Waals surface area contributed by atoms with Crippen molar-refractivity contribution in [3.05, 3.63) is 54.4 Å². The third kappa shape index (κ3) is 2.96. The predicted octanol–water partition coefficient (Wildman–Crippen LogP) is 6.28. The second-order valence-corrected chi connectivity index (χ2v) is 6.68. The van der Waals surface area contributed by atoms with Crippen molar-refractivity contribution in [1.29, 1.82) is 0 Å². The highest BCUT2D eigenvalue weighted by Crippen LogP contribution is 2.42. The van der Waals surface area contributed by atoms with Gasteiger partial charge >= 0.3 is 0 Å². The lowest BCUT2D eigenvalue weighted by atomic mass is 10.1. The Kier molecular flexibility index (Phi) is 4.37. The average Bonchev–Trinajstić information content (AvgIpc) is 2.58. The number of rotatable bonds is 2. The first-order chi connectivity index (χ1) is 7.99. The highest BCUT2D eigenvalue weighted by atomic mass is 79.9. The van der Waals surface area contributed by atoms with Crippen LogP contribution in [0.5, 0.6) is 0 Å². The highest BCUT2D eigenvalue weighted by molar-refractivity contribution is 9.10. The zero-order chi connectivity index (χ0) is 12.6. The molecule has 0 N–H and O–H groups in total. The second kappa shape index (κ2) is 5.45. The van der Waals surface area contributed by atoms with Crippen LogP contribution in [-0.4, -0.2) is 0 Å². The van der Waals surface area contributed by atoms with Gasteiger partial charge in [0.15, 0.2) is 0 Å². The molecule has 0 fully saturated rings. The van der Waals surface area contributed by atoms with Gasteiger partial charge in [-0.1, -0.05) is 29.3 Å². The van der Waals surface area contributed by atoms with E-state index >= 15 is 0 Å². The Morgan fingerprint density at radius 1 is 1.24 bits per heavy atom. The molecular weight excluding hydrogens is 369 g/mol. The molecule has 1 unspecified atom stereocenters. The minimum atomic E-state index is -0.433. The summed E-state index contributed by atoms with van der Waals surface area (Å²) in [5.74, 6) is -0.381. The first-order valence-corrected chi connectivity index (χ1v) is 7.33. The van der Waals surface area contributed by atoms with E-state index in [1.54, 1.807) is 6.07 Å². The van der Waals surface area contributed by atoms with Crippen LogP contribution < -0.4 is 0 Å². The van der Waals surface area contributed by atoms with E-state index in [0.717, 1.165) is 9.35 Å². The normalized spacial score (nSPS) is 12.8. The topological polar surface area (TPSA) is 0 Å². The van der Waals surface area contributed by atoms with Crippen LogP contribution in [0.15, 0.2) is 28.7 Å². The molecule has 17 heavy (non-hydrogen) atoms. The lowest BCUT2D eigenvalue weighted by Crippen LogP contribution is -1.92. The van der Waals surface area contributed by atoms with Gasteiger partial charge < -0.3 is 0 Å². The molecule has 0 spiro atoms. The number of halogens is 5. The molecule has 0 radical (unpaired) electrons. The molecule has 2 rings (SSSR count). The van der Waals surface area contributed by atoms with Gasteiger partial charge in [0.1, 0.15) is 10.2 Å². The van der Waals surface area contributed by atoms with Crippen LogP contribution in [0, 0.1) is 5.82 Å². The van der Waals surface area contributed by atoms with Crippen molar-refractivity contribution in [2.45, 2.75) is 5.38 Å². The molecule has 6 heteroatoms. The molecule has 0 aliphatic heterocycles. The highest BCUT2D eigenvalue weighted by Gasteiger charge is 2.18. The lowest BCUT2D eigenvalue weighted by molar-refractivity contribution is 0.627. The Hall–Kier alpha value is 0.200. The fourth-order valence-corrected chi connectivity index (χ4v) is 3.80. The number of hydrogen-bond donors (Lipinski definition) is 0. The van der Waals surface area contributed by atoms with E-state index in [4.69, 9.17) is 34.8 Å². The quantitative estimate of drug-likeness (QED) is 0.542. The van der Waals surface area contributed by atoms with Gasteiger partial charge in [0.05, 0.1) is 5.38 Å². The Morgan fingerprint density at radius 2 is 1.94 bits per heavy atom. The summed E-state index contributed by atoms with van der Waals surface area (Å²) in [5, 5.41) is -0.123. The fraction of sp³-hybridized carbons (Fsp3) is 0.0909. The first kappa shape index (κ1) is 13.6. The van der Waals surface area contributed by atoms with Crippen LogP contribution in [0.25, 0.3) is 0 Å². The summed E-state index contributed by atoms with van der Waals surface area (Å²) in [4.78, 5) is 0.858. The summed E-state index contributed by atoms with van der Waals surface area (Å²) in [5.41, 5.74) is 0.667. The molecule has 0 amide bonds. The molecule has 1 aromatic carbocycles. The predicted molar refractivity (Wildman–Crippen MR) is 76.1 cm³/mol. The van der Waals surface area contributed by atoms with Gasteiger partial charge in [-0.05, 0) is 39.7 Å². The van der Waals surface area contributed by atoms with Crippen LogP contribution in [0.1, 0.15) is 15.8 Å². The van der Waals surface area contributed by atoms with Crippen molar-refractivity contribution >= 4 is 62.1 Å². The van der Waals surface area contributed by atoms with E-state index in [1.807, 2.05) is 6.07 Å². The van der Waals surface area contributed by atoms with E-state index in [2.05, 4.69) is 15.9 Å². The lowest BCUT2D eigenvalue weighted by Gasteiger charge is -2.09. The molecule has 0 nitrogen and oxygen atoms in total. The zero-order valence-corrected chi connectivity index (χ0v) is 12.9. The summed E-state index contributed by atoms with van der Waals surface area (Å²) < 4.78 is 14.4. The summed E-state index contributed by atoms with van der Waals surface area (Å²) in [6.45, 7) is 0. The molecule has 1 heterocycles. The van der Waals surface area contributed by atoms with E-state index < -0.39 is 5.38 Å². The summed E-state index contributed by atoms with van der Waals surface area (Å²) >= 11 is 22.9. The van der Waals surface area contributed by atoms with Crippen LogP contribution >= 0.6 is 62.1 Å². The van der Waals surface area contributed by atoms with E-state index in [0.29, 0.717) is 14.9 Å². The van der Waals surface area contributed by atoms with Crippen molar-refractivity contribution in [3.8, 4) is 0 Å². The van der Waals surface area contributed by atoms with Gasteiger partial charge in [0, 0.05) is 14.4 Å². The molecule has 1 atom stereocenters. The Bertz CT molecular complexity index is 536. The maximum atomic E-state index is 12.9. The summed E-state index contributed by atoms with van der Waals surface area (Å²) in [7, 11) is 0. The molecule has 0 bridgehead atoms. The summed E-state index contributed by atoms with van der Waals surface area (Å²) in [6, 6.07) is 6.00. The largest absolute Gasteiger partial charge is 0.207 e. The standard InChI is InChI=1S/C11H5BrCl3FS/c12-7-4-9(17-11(7)15)10(14)6-2-1-5(16)3-8(6)13/h1-4,10H. The molecule has 0 saturated heterocycles. The Labute approximate surface area is 125 Å². The van der Waals surface area contributed by atoms with E-state index in [9.17, 15) is 4.39 Å². The average molecular weight is 374 g/mol. The molecule has 0 aliphatic rings. The maximum Gasteiger partial charge on any atom is 0.124 e. The monoisotopic (exact) mass is 372 g/mol. The summed E-state index contributed by atoms with van der Waals surface area (Å²) in [6.07, 6.45) is 0. The van der Waals surface area contributed by atoms with E-state index in [-0.39, 0.29) is 5.82 Å². The molecular formula is C11H5BrCl3FS. The van der Waals surface area contributed by atoms with Crippen LogP contribution in [0.3, 0.4) is 0 Å². The number of thiophene rings is 1. The number of hydrogen-bond acceptors (Lipinski definition) is 1. The molecule has 1 aromatic heterocycles. The van der Waals surface area contributed by atoms with Crippen molar-refractivity contribution in [2.75, 3.05) is 0 Å². The van der Waals surface area contributed by atoms with Gasteiger partial charge in [0.25, 0.3) is 0 Å². The van der Waals surface area contributed by atoms with Gasteiger partial charge in [0.2, 0.25) is 0 Å². The van der Waals surface area contributed by atoms with Crippen LogP contribution in [0.4, 0.5) is 4.39 Å². The third-order valence-electron chi connectivity index (χ3n) is 2.15. The van der Waals surface area contributed by atoms with E-state index in [1.165, 1.54) is 23.5 Å². The smallest absolute Gasteiger partial charge is 0.124 e. The van der Waals surface area contributed by atoms with Gasteiger partial charge in [-0.25, -0.2) is 4.39 Å².